The minimum Gasteiger partial charge on any atom is -0.370 e. The molecule has 0 aromatic rings. The third kappa shape index (κ3) is 39.7. The first-order valence-electron chi connectivity index (χ1n) is 25.6. The molecule has 400 valence electrons. The number of carbonyl (C=O) groups excluding carboxylic acids is 6. The first-order valence-corrected chi connectivity index (χ1v) is 25.6. The summed E-state index contributed by atoms with van der Waals surface area (Å²) in [5.41, 5.74) is 45.3. The Balaban J connectivity index is 3.84. The number of amides is 6. The molecule has 22 N–H and O–H groups in total. The van der Waals surface area contributed by atoms with Gasteiger partial charge < -0.3 is 82.7 Å². The van der Waals surface area contributed by atoms with E-state index >= 15 is 0 Å². The molecule has 0 saturated carbocycles. The van der Waals surface area contributed by atoms with Gasteiger partial charge in [-0.25, -0.2) is 0 Å². The van der Waals surface area contributed by atoms with Crippen LogP contribution in [0, 0.1) is 0 Å². The summed E-state index contributed by atoms with van der Waals surface area (Å²) in [5.74, 6) is -0.645. The maximum absolute atomic E-state index is 12.5. The molecule has 0 rings (SSSR count). The molecule has 23 heteroatoms. The van der Waals surface area contributed by atoms with Gasteiger partial charge in [-0.15, -0.1) is 0 Å². The Kier molecular flexibility index (Phi) is 40.2. The first-order chi connectivity index (χ1) is 33.1. The van der Waals surface area contributed by atoms with Gasteiger partial charge in [0.05, 0.1) is 24.2 Å². The number of guanidine groups is 2. The number of nitrogens with two attached hydrogens (primary N) is 8. The minimum absolute atomic E-state index is 0.0169. The first kappa shape index (κ1) is 64.2. The molecule has 0 unspecified atom stereocenters. The number of rotatable bonds is 45. The Morgan fingerprint density at radius 2 is 0.681 bits per heavy atom. The number of aliphatic imine (C=N–C) groups is 2. The fourth-order valence-electron chi connectivity index (χ4n) is 7.08. The Morgan fingerprint density at radius 1 is 0.391 bits per heavy atom. The lowest BCUT2D eigenvalue weighted by atomic mass is 10.1. The minimum atomic E-state index is -0.608. The lowest BCUT2D eigenvalue weighted by Gasteiger charge is -2.21. The quantitative estimate of drug-likeness (QED) is 0.0187. The lowest BCUT2D eigenvalue weighted by molar-refractivity contribution is -0.123. The summed E-state index contributed by atoms with van der Waals surface area (Å²) in [4.78, 5) is 83.8. The molecule has 23 nitrogen and oxygen atoms in total. The zero-order chi connectivity index (χ0) is 51.5. The van der Waals surface area contributed by atoms with Crippen LogP contribution in [-0.2, 0) is 28.8 Å². The summed E-state index contributed by atoms with van der Waals surface area (Å²) >= 11 is 0. The molecular formula is C46H95N17O6. The predicted octanol–water partition coefficient (Wildman–Crippen LogP) is -1.56. The Labute approximate surface area is 412 Å². The monoisotopic (exact) mass is 982 g/mol. The number of hydrogen-bond acceptors (Lipinski definition) is 13. The largest absolute Gasteiger partial charge is 0.370 e. The van der Waals surface area contributed by atoms with Gasteiger partial charge in [0.2, 0.25) is 35.4 Å². The van der Waals surface area contributed by atoms with E-state index in [1.807, 2.05) is 0 Å². The van der Waals surface area contributed by atoms with E-state index in [9.17, 15) is 28.8 Å². The van der Waals surface area contributed by atoms with Crippen LogP contribution in [0.1, 0.15) is 148 Å². The van der Waals surface area contributed by atoms with Gasteiger partial charge in [-0.05, 0) is 135 Å². The van der Waals surface area contributed by atoms with E-state index < -0.39 is 24.2 Å². The molecule has 6 amide bonds. The van der Waals surface area contributed by atoms with Gasteiger partial charge in [0.15, 0.2) is 11.9 Å². The third-order valence-electron chi connectivity index (χ3n) is 11.4. The molecule has 0 spiro atoms. The zero-order valence-corrected chi connectivity index (χ0v) is 42.1. The van der Waals surface area contributed by atoms with Crippen LogP contribution >= 0.6 is 0 Å². The standard InChI is InChI=1S/C46H95N17O6/c1-2-63(33-17-31-59-43(68)37(49)19-7-13-25-55-39(64)23-5-3-11-27-57-41(66)35(47)21-9-15-29-61-45(51)52)34-18-32-60-44(69)38(50)20-8-14-26-56-40(65)24-6-4-12-28-58-42(67)36(48)22-10-16-30-62-46(53)54/h35-38H,2-34,47-50H2,1H3,(H,55,64)(H,56,65)(H,57,66)(H,58,67)(H,59,68)(H,60,69)(H4,51,52,61)(H4,53,54,62)/t35-,36-,37-,38-/m0/s1. The molecule has 0 saturated heterocycles. The van der Waals surface area contributed by atoms with Crippen molar-refractivity contribution in [3.8, 4) is 0 Å². The van der Waals surface area contributed by atoms with Crippen LogP contribution in [0.4, 0.5) is 0 Å². The lowest BCUT2D eigenvalue weighted by Crippen LogP contribution is -2.42. The number of hydrogen-bond donors (Lipinski definition) is 14. The molecule has 0 fully saturated rings. The molecule has 0 heterocycles. The highest BCUT2D eigenvalue weighted by Gasteiger charge is 2.16. The van der Waals surface area contributed by atoms with Crippen LogP contribution < -0.4 is 77.8 Å². The summed E-state index contributed by atoms with van der Waals surface area (Å²) in [6.45, 7) is 8.66. The van der Waals surface area contributed by atoms with Crippen LogP contribution in [-0.4, -0.2) is 148 Å². The SMILES string of the molecule is CCN(CCCNC(=O)[C@@H](N)CCCCNC(=O)CCCCCNC(=O)[C@@H](N)CCCCN=C(N)N)CCCNC(=O)[C@@H](N)CCCCNC(=O)CCCCCNC(=O)[C@@H](N)CCCCN=C(N)N. The predicted molar refractivity (Wildman–Crippen MR) is 275 cm³/mol. The summed E-state index contributed by atoms with van der Waals surface area (Å²) in [7, 11) is 0. The van der Waals surface area contributed by atoms with Gasteiger partial charge >= 0.3 is 0 Å². The van der Waals surface area contributed by atoms with Crippen LogP contribution in [0.3, 0.4) is 0 Å². The average molecular weight is 982 g/mol. The van der Waals surface area contributed by atoms with E-state index in [1.54, 1.807) is 0 Å². The molecule has 4 atom stereocenters. The fraction of sp³-hybridized carbons (Fsp3) is 0.826. The van der Waals surface area contributed by atoms with Crippen molar-refractivity contribution in [3.05, 3.63) is 0 Å². The summed E-state index contributed by atoms with van der Waals surface area (Å²) in [5, 5.41) is 17.4. The molecule has 0 aromatic heterocycles. The number of carbonyl (C=O) groups is 6. The molecule has 69 heavy (non-hydrogen) atoms. The summed E-state index contributed by atoms with van der Waals surface area (Å²) in [6, 6.07) is -2.35. The highest BCUT2D eigenvalue weighted by Crippen LogP contribution is 2.05. The van der Waals surface area contributed by atoms with E-state index in [0.717, 1.165) is 122 Å². The Bertz CT molecular complexity index is 1360. The van der Waals surface area contributed by atoms with Gasteiger partial charge in [-0.2, -0.15) is 0 Å². The molecule has 0 bridgehead atoms. The fourth-order valence-corrected chi connectivity index (χ4v) is 7.08. The second kappa shape index (κ2) is 43.2. The molecule has 0 aromatic carbocycles. The van der Waals surface area contributed by atoms with Crippen molar-refractivity contribution in [2.75, 3.05) is 72.0 Å². The second-order valence-corrected chi connectivity index (χ2v) is 17.6. The molecule has 0 aliphatic heterocycles. The summed E-state index contributed by atoms with van der Waals surface area (Å²) in [6.07, 6.45) is 15.1. The van der Waals surface area contributed by atoms with Crippen molar-refractivity contribution in [3.63, 3.8) is 0 Å². The smallest absolute Gasteiger partial charge is 0.236 e. The average Bonchev–Trinajstić information content (AvgIpc) is 3.31. The van der Waals surface area contributed by atoms with Crippen molar-refractivity contribution >= 4 is 47.4 Å². The molecule has 0 aliphatic rings. The molecule has 0 radical (unpaired) electrons. The van der Waals surface area contributed by atoms with E-state index in [2.05, 4.69) is 53.7 Å². The highest BCUT2D eigenvalue weighted by atomic mass is 16.2. The van der Waals surface area contributed by atoms with E-state index in [0.29, 0.717) is 90.9 Å². The van der Waals surface area contributed by atoms with Crippen LogP contribution in [0.15, 0.2) is 9.98 Å². The third-order valence-corrected chi connectivity index (χ3v) is 11.4. The van der Waals surface area contributed by atoms with E-state index in [4.69, 9.17) is 45.9 Å². The van der Waals surface area contributed by atoms with Crippen molar-refractivity contribution < 1.29 is 28.8 Å². The Hall–Kier alpha value is -4.84. The number of nitrogens with zero attached hydrogens (tertiary/aromatic N) is 3. The van der Waals surface area contributed by atoms with Crippen molar-refractivity contribution in [1.29, 1.82) is 0 Å². The van der Waals surface area contributed by atoms with Gasteiger partial charge in [0, 0.05) is 65.2 Å². The maximum Gasteiger partial charge on any atom is 0.236 e. The van der Waals surface area contributed by atoms with Crippen molar-refractivity contribution in [2.45, 2.75) is 172 Å². The van der Waals surface area contributed by atoms with Gasteiger partial charge in [0.1, 0.15) is 0 Å². The van der Waals surface area contributed by atoms with Crippen LogP contribution in [0.2, 0.25) is 0 Å². The second-order valence-electron chi connectivity index (χ2n) is 17.6. The summed E-state index contributed by atoms with van der Waals surface area (Å²) < 4.78 is 0. The van der Waals surface area contributed by atoms with Crippen LogP contribution in [0.5, 0.6) is 0 Å². The Morgan fingerprint density at radius 3 is 1.00 bits per heavy atom. The normalized spacial score (nSPS) is 12.8. The van der Waals surface area contributed by atoms with E-state index in [1.165, 1.54) is 0 Å². The maximum atomic E-state index is 12.5. The van der Waals surface area contributed by atoms with Crippen molar-refractivity contribution in [1.82, 2.24) is 36.8 Å². The topological polar surface area (TPSA) is 411 Å². The number of nitrogens with one attached hydrogen (secondary N) is 6. The van der Waals surface area contributed by atoms with Crippen LogP contribution in [0.25, 0.3) is 0 Å². The van der Waals surface area contributed by atoms with Gasteiger partial charge in [-0.3, -0.25) is 38.8 Å². The molecular weight excluding hydrogens is 887 g/mol. The van der Waals surface area contributed by atoms with E-state index in [-0.39, 0.29) is 47.4 Å². The molecule has 0 aliphatic carbocycles. The van der Waals surface area contributed by atoms with Crippen molar-refractivity contribution in [2.24, 2.45) is 55.9 Å². The van der Waals surface area contributed by atoms with Gasteiger partial charge in [-0.1, -0.05) is 19.8 Å². The highest BCUT2D eigenvalue weighted by molar-refractivity contribution is 5.83. The number of unbranched alkanes of at least 4 members (excludes halogenated alkanes) is 8. The zero-order valence-electron chi connectivity index (χ0n) is 42.1. The van der Waals surface area contributed by atoms with Gasteiger partial charge in [0.25, 0.3) is 0 Å².